The summed E-state index contributed by atoms with van der Waals surface area (Å²) in [5.74, 6) is 0.721. The van der Waals surface area contributed by atoms with Crippen LogP contribution in [0.15, 0.2) is 16.7 Å². The number of primary amides is 1. The van der Waals surface area contributed by atoms with Crippen LogP contribution in [-0.2, 0) is 11.2 Å². The van der Waals surface area contributed by atoms with Crippen molar-refractivity contribution in [2.45, 2.75) is 25.3 Å². The van der Waals surface area contributed by atoms with Crippen LogP contribution in [0.1, 0.15) is 30.2 Å². The van der Waals surface area contributed by atoms with Gasteiger partial charge in [-0.3, -0.25) is 4.79 Å². The van der Waals surface area contributed by atoms with E-state index in [0.717, 1.165) is 25.0 Å². The molecule has 1 atom stereocenters. The van der Waals surface area contributed by atoms with Crippen molar-refractivity contribution < 1.29 is 9.21 Å². The fourth-order valence-corrected chi connectivity index (χ4v) is 1.92. The third-order valence-electron chi connectivity index (χ3n) is 2.57. The molecule has 0 radical (unpaired) electrons. The highest BCUT2D eigenvalue weighted by atomic mass is 16.3. The van der Waals surface area contributed by atoms with Gasteiger partial charge in [-0.05, 0) is 18.9 Å². The van der Waals surface area contributed by atoms with Gasteiger partial charge in [0.05, 0.1) is 12.8 Å². The zero-order chi connectivity index (χ0) is 9.97. The van der Waals surface area contributed by atoms with Crippen molar-refractivity contribution in [3.63, 3.8) is 0 Å². The maximum atomic E-state index is 10.6. The van der Waals surface area contributed by atoms with Crippen molar-refractivity contribution in [1.82, 2.24) is 5.32 Å². The van der Waals surface area contributed by atoms with Gasteiger partial charge in [0.1, 0.15) is 5.76 Å². The zero-order valence-corrected chi connectivity index (χ0v) is 7.95. The Morgan fingerprint density at radius 3 is 3.36 bits per heavy atom. The second-order valence-corrected chi connectivity index (χ2v) is 3.59. The minimum atomic E-state index is -0.319. The average Bonchev–Trinajstić information content (AvgIpc) is 2.62. The predicted molar refractivity (Wildman–Crippen MR) is 51.6 cm³/mol. The minimum Gasteiger partial charge on any atom is -0.469 e. The molecule has 1 aliphatic rings. The fourth-order valence-electron chi connectivity index (χ4n) is 1.92. The number of rotatable bonds is 3. The summed E-state index contributed by atoms with van der Waals surface area (Å²) in [6.45, 7) is 0.231. The number of furan rings is 1. The highest BCUT2D eigenvalue weighted by Crippen LogP contribution is 2.29. The monoisotopic (exact) mass is 194 g/mol. The zero-order valence-electron chi connectivity index (χ0n) is 7.95. The molecule has 1 heterocycles. The topological polar surface area (TPSA) is 68.3 Å². The Bertz CT molecular complexity index is 333. The number of nitrogens with two attached hydrogens (primary N) is 1. The number of carbonyl (C=O) groups is 1. The first-order valence-corrected chi connectivity index (χ1v) is 4.85. The molecule has 2 rings (SSSR count). The van der Waals surface area contributed by atoms with E-state index in [1.807, 2.05) is 6.07 Å². The van der Waals surface area contributed by atoms with Crippen LogP contribution in [0.5, 0.6) is 0 Å². The minimum absolute atomic E-state index is 0.227. The number of carbonyl (C=O) groups excluding carboxylic acids is 1. The van der Waals surface area contributed by atoms with Gasteiger partial charge >= 0.3 is 0 Å². The molecule has 0 bridgehead atoms. The molecule has 76 valence electrons. The van der Waals surface area contributed by atoms with Gasteiger partial charge in [-0.15, -0.1) is 0 Å². The third-order valence-corrected chi connectivity index (χ3v) is 2.57. The summed E-state index contributed by atoms with van der Waals surface area (Å²) >= 11 is 0. The molecular weight excluding hydrogens is 180 g/mol. The van der Waals surface area contributed by atoms with E-state index in [1.165, 1.54) is 5.56 Å². The molecular formula is C10H14N2O2. The second-order valence-electron chi connectivity index (χ2n) is 3.59. The summed E-state index contributed by atoms with van der Waals surface area (Å²) in [5.41, 5.74) is 6.26. The number of nitrogens with one attached hydrogen (secondary N) is 1. The van der Waals surface area contributed by atoms with Crippen molar-refractivity contribution in [2.24, 2.45) is 5.73 Å². The smallest absolute Gasteiger partial charge is 0.231 e. The average molecular weight is 194 g/mol. The highest BCUT2D eigenvalue weighted by Gasteiger charge is 2.22. The van der Waals surface area contributed by atoms with Gasteiger partial charge in [0.2, 0.25) is 5.91 Å². The lowest BCUT2D eigenvalue weighted by molar-refractivity contribution is -0.117. The number of fused-ring (bicyclic) bond motifs is 1. The Labute approximate surface area is 82.5 Å². The molecule has 14 heavy (non-hydrogen) atoms. The molecule has 1 aromatic heterocycles. The Hall–Kier alpha value is -1.29. The second kappa shape index (κ2) is 3.84. The van der Waals surface area contributed by atoms with Crippen LogP contribution < -0.4 is 11.1 Å². The van der Waals surface area contributed by atoms with Gasteiger partial charge in [-0.25, -0.2) is 0 Å². The Kier molecular flexibility index (Phi) is 2.54. The molecule has 4 heteroatoms. The fraction of sp³-hybridized carbons (Fsp3) is 0.500. The summed E-state index contributed by atoms with van der Waals surface area (Å²) in [4.78, 5) is 10.6. The Morgan fingerprint density at radius 2 is 2.57 bits per heavy atom. The molecule has 0 aliphatic heterocycles. The van der Waals surface area contributed by atoms with Gasteiger partial charge in [0.15, 0.2) is 0 Å². The molecule has 0 saturated heterocycles. The van der Waals surface area contributed by atoms with E-state index in [0.29, 0.717) is 0 Å². The molecule has 3 N–H and O–H groups in total. The number of amides is 1. The Morgan fingerprint density at radius 1 is 1.71 bits per heavy atom. The summed E-state index contributed by atoms with van der Waals surface area (Å²) in [7, 11) is 0. The molecule has 1 aromatic rings. The van der Waals surface area contributed by atoms with E-state index in [4.69, 9.17) is 10.2 Å². The summed E-state index contributed by atoms with van der Waals surface area (Å²) in [5, 5.41) is 3.13. The summed E-state index contributed by atoms with van der Waals surface area (Å²) in [6.07, 6.45) is 4.84. The van der Waals surface area contributed by atoms with E-state index in [-0.39, 0.29) is 18.5 Å². The molecule has 1 amide bonds. The van der Waals surface area contributed by atoms with Crippen LogP contribution in [0.2, 0.25) is 0 Å². The van der Waals surface area contributed by atoms with Gasteiger partial charge in [0, 0.05) is 18.0 Å². The first-order chi connectivity index (χ1) is 6.77. The van der Waals surface area contributed by atoms with Crippen molar-refractivity contribution in [1.29, 1.82) is 0 Å². The SMILES string of the molecule is NC(=O)CNC1CCCc2occc21. The predicted octanol–water partition coefficient (Wildman–Crippen LogP) is 0.732. The molecule has 0 aromatic carbocycles. The lowest BCUT2D eigenvalue weighted by Gasteiger charge is -2.21. The Balaban J connectivity index is 2.05. The first-order valence-electron chi connectivity index (χ1n) is 4.85. The van der Waals surface area contributed by atoms with Gasteiger partial charge < -0.3 is 15.5 Å². The van der Waals surface area contributed by atoms with E-state index in [9.17, 15) is 4.79 Å². The first kappa shape index (κ1) is 9.27. The maximum Gasteiger partial charge on any atom is 0.231 e. The number of aryl methyl sites for hydroxylation is 1. The molecule has 0 spiro atoms. The van der Waals surface area contributed by atoms with Crippen LogP contribution in [0.4, 0.5) is 0 Å². The number of hydrogen-bond acceptors (Lipinski definition) is 3. The van der Waals surface area contributed by atoms with Crippen molar-refractivity contribution in [3.8, 4) is 0 Å². The lowest BCUT2D eigenvalue weighted by atomic mass is 9.93. The molecule has 1 unspecified atom stereocenters. The van der Waals surface area contributed by atoms with Crippen LogP contribution >= 0.6 is 0 Å². The van der Waals surface area contributed by atoms with Crippen molar-refractivity contribution in [2.75, 3.05) is 6.54 Å². The molecule has 0 fully saturated rings. The van der Waals surface area contributed by atoms with Crippen LogP contribution in [-0.4, -0.2) is 12.5 Å². The van der Waals surface area contributed by atoms with Crippen molar-refractivity contribution >= 4 is 5.91 Å². The maximum absolute atomic E-state index is 10.6. The van der Waals surface area contributed by atoms with E-state index in [1.54, 1.807) is 6.26 Å². The largest absolute Gasteiger partial charge is 0.469 e. The van der Waals surface area contributed by atoms with Crippen LogP contribution in [0.3, 0.4) is 0 Å². The van der Waals surface area contributed by atoms with Crippen molar-refractivity contribution in [3.05, 3.63) is 23.7 Å². The van der Waals surface area contributed by atoms with Crippen LogP contribution in [0, 0.1) is 0 Å². The summed E-state index contributed by atoms with van der Waals surface area (Å²) < 4.78 is 5.34. The standard InChI is InChI=1S/C10H14N2O2/c11-10(13)6-12-8-2-1-3-9-7(8)4-5-14-9/h4-5,8,12H,1-3,6H2,(H2,11,13). The highest BCUT2D eigenvalue weighted by molar-refractivity contribution is 5.75. The molecule has 1 aliphatic carbocycles. The van der Waals surface area contributed by atoms with Gasteiger partial charge in [0.25, 0.3) is 0 Å². The quantitative estimate of drug-likeness (QED) is 0.745. The molecule has 4 nitrogen and oxygen atoms in total. The van der Waals surface area contributed by atoms with Gasteiger partial charge in [-0.2, -0.15) is 0 Å². The summed E-state index contributed by atoms with van der Waals surface area (Å²) in [6, 6.07) is 2.19. The molecule has 0 saturated carbocycles. The van der Waals surface area contributed by atoms with E-state index >= 15 is 0 Å². The van der Waals surface area contributed by atoms with E-state index < -0.39 is 0 Å². The lowest BCUT2D eigenvalue weighted by Crippen LogP contribution is -2.33. The number of hydrogen-bond donors (Lipinski definition) is 2. The van der Waals surface area contributed by atoms with Crippen LogP contribution in [0.25, 0.3) is 0 Å². The third kappa shape index (κ3) is 1.80. The van der Waals surface area contributed by atoms with Gasteiger partial charge in [-0.1, -0.05) is 0 Å². The normalized spacial score (nSPS) is 20.4. The van der Waals surface area contributed by atoms with E-state index in [2.05, 4.69) is 5.32 Å².